The van der Waals surface area contributed by atoms with Crippen LogP contribution in [-0.2, 0) is 57.5 Å². The number of benzene rings is 3. The van der Waals surface area contributed by atoms with Gasteiger partial charge in [-0.25, -0.2) is 29.4 Å². The van der Waals surface area contributed by atoms with Crippen LogP contribution in [0.15, 0.2) is 96.1 Å². The molecule has 0 unspecified atom stereocenters. The molecule has 0 N–H and O–H groups in total. The average Bonchev–Trinajstić information content (AvgIpc) is 3.91. The van der Waals surface area contributed by atoms with Crippen molar-refractivity contribution in [3.8, 4) is 0 Å². The minimum Gasteiger partial charge on any atom is -0.274 e. The van der Waals surface area contributed by atoms with Crippen molar-refractivity contribution in [2.75, 3.05) is 29.4 Å². The smallest absolute Gasteiger partial charge is 0.261 e. The van der Waals surface area contributed by atoms with Crippen molar-refractivity contribution in [2.24, 2.45) is 45.3 Å². The average molecular weight is 889 g/mol. The summed E-state index contributed by atoms with van der Waals surface area (Å²) in [5.74, 6) is -12.6. The van der Waals surface area contributed by atoms with Crippen LogP contribution in [0.1, 0.15) is 41.5 Å². The molecule has 6 aliphatic heterocycles. The Morgan fingerprint density at radius 2 is 0.500 bits per heavy atom. The number of anilines is 6. The predicted octanol–water partition coefficient (Wildman–Crippen LogP) is 2.74. The molecule has 0 aromatic heterocycles. The maximum Gasteiger partial charge on any atom is 0.261 e. The minimum absolute atomic E-state index is 0.0584. The van der Waals surface area contributed by atoms with Gasteiger partial charge in [0.25, 0.3) is 23.6 Å². The van der Waals surface area contributed by atoms with E-state index in [1.807, 2.05) is 0 Å². The molecule has 4 saturated heterocycles. The van der Waals surface area contributed by atoms with Crippen LogP contribution in [0.5, 0.6) is 0 Å². The number of rotatable bonds is 6. The maximum atomic E-state index is 14.3. The predicted molar refractivity (Wildman–Crippen MR) is 228 cm³/mol. The fraction of sp³-hybridized carbons (Fsp3) is 0.292. The molecule has 18 nitrogen and oxygen atoms in total. The molecular formula is C48H36N6O12. The number of hydrogen-bond acceptors (Lipinski definition) is 12. The summed E-state index contributed by atoms with van der Waals surface area (Å²) in [7, 11) is 0. The Bertz CT molecular complexity index is 2900. The summed E-state index contributed by atoms with van der Waals surface area (Å²) in [5.41, 5.74) is -5.05. The molecule has 12 amide bonds. The van der Waals surface area contributed by atoms with Gasteiger partial charge in [0.2, 0.25) is 47.3 Å². The SMILES string of the molecule is CC1=CC(=O)N(c2ccc(N3C(=O)C4C(C)(C3=O)C3C(=O)N(c5ccc(N6C(=O)C7C8(C)C(=O)N(c9ccc(N%10C(=O)C=C(C)C%10=O)cc9)C(=O)C8C7(C)C6=O)cc5)C(=O)C43C)cc2)C1=O. The molecule has 0 radical (unpaired) electrons. The second kappa shape index (κ2) is 12.4. The molecular weight excluding hydrogens is 853 g/mol. The molecule has 2 aliphatic carbocycles. The topological polar surface area (TPSA) is 224 Å². The third-order valence-corrected chi connectivity index (χ3v) is 15.6. The highest BCUT2D eigenvalue weighted by Gasteiger charge is 2.87. The Morgan fingerprint density at radius 3 is 0.667 bits per heavy atom. The second-order valence-electron chi connectivity index (χ2n) is 18.9. The van der Waals surface area contributed by atoms with Crippen LogP contribution in [0, 0.1) is 45.3 Å². The van der Waals surface area contributed by atoms with E-state index in [4.69, 9.17) is 0 Å². The highest BCUT2D eigenvalue weighted by atomic mass is 16.2. The van der Waals surface area contributed by atoms with Gasteiger partial charge in [0.1, 0.15) is 0 Å². The fourth-order valence-corrected chi connectivity index (χ4v) is 12.8. The Morgan fingerprint density at radius 1 is 0.318 bits per heavy atom. The summed E-state index contributed by atoms with van der Waals surface area (Å²) in [4.78, 5) is 169. The molecule has 330 valence electrons. The van der Waals surface area contributed by atoms with E-state index in [2.05, 4.69) is 0 Å². The molecule has 66 heavy (non-hydrogen) atoms. The number of nitrogens with zero attached hydrogens (tertiary/aromatic N) is 6. The molecule has 0 bridgehead atoms. The van der Waals surface area contributed by atoms with E-state index >= 15 is 0 Å². The Hall–Kier alpha value is -8.02. The van der Waals surface area contributed by atoms with Crippen LogP contribution in [-0.4, -0.2) is 70.9 Å². The largest absolute Gasteiger partial charge is 0.274 e. The molecule has 8 aliphatic rings. The number of amides is 12. The summed E-state index contributed by atoms with van der Waals surface area (Å²) in [6.45, 7) is 8.92. The van der Waals surface area contributed by atoms with Crippen molar-refractivity contribution < 1.29 is 57.5 Å². The molecule has 0 spiro atoms. The minimum atomic E-state index is -1.61. The number of imide groups is 6. The number of carbonyl (C=O) groups excluding carboxylic acids is 12. The summed E-state index contributed by atoms with van der Waals surface area (Å²) in [6.07, 6.45) is 2.41. The van der Waals surface area contributed by atoms with Gasteiger partial charge in [0, 0.05) is 23.3 Å². The van der Waals surface area contributed by atoms with E-state index in [1.165, 1.54) is 126 Å². The molecule has 6 heterocycles. The van der Waals surface area contributed by atoms with Gasteiger partial charge < -0.3 is 0 Å². The monoisotopic (exact) mass is 888 g/mol. The van der Waals surface area contributed by atoms with Crippen LogP contribution in [0.4, 0.5) is 34.1 Å². The first-order chi connectivity index (χ1) is 31.1. The molecule has 3 aromatic carbocycles. The van der Waals surface area contributed by atoms with E-state index in [0.29, 0.717) is 0 Å². The van der Waals surface area contributed by atoms with E-state index in [-0.39, 0.29) is 45.3 Å². The lowest BCUT2D eigenvalue weighted by atomic mass is 9.41. The summed E-state index contributed by atoms with van der Waals surface area (Å²) in [6, 6.07) is 16.8. The lowest BCUT2D eigenvalue weighted by Gasteiger charge is -2.53. The zero-order chi connectivity index (χ0) is 47.2. The highest BCUT2D eigenvalue weighted by molar-refractivity contribution is 6.37. The van der Waals surface area contributed by atoms with Gasteiger partial charge in [0.05, 0.1) is 79.5 Å². The summed E-state index contributed by atoms with van der Waals surface area (Å²) >= 11 is 0. The van der Waals surface area contributed by atoms with Gasteiger partial charge in [-0.3, -0.25) is 57.5 Å². The van der Waals surface area contributed by atoms with Gasteiger partial charge in [-0.15, -0.1) is 0 Å². The Labute approximate surface area is 374 Å². The molecule has 18 heteroatoms. The zero-order valence-electron chi connectivity index (χ0n) is 36.0. The third-order valence-electron chi connectivity index (χ3n) is 15.6. The molecule has 3 aromatic rings. The third kappa shape index (κ3) is 4.32. The van der Waals surface area contributed by atoms with Gasteiger partial charge in [-0.1, -0.05) is 0 Å². The van der Waals surface area contributed by atoms with Crippen LogP contribution < -0.4 is 29.4 Å². The van der Waals surface area contributed by atoms with E-state index in [0.717, 1.165) is 29.4 Å². The second-order valence-corrected chi connectivity index (χ2v) is 18.9. The van der Waals surface area contributed by atoms with Gasteiger partial charge in [-0.05, 0) is 114 Å². The number of hydrogen-bond donors (Lipinski definition) is 0. The first-order valence-corrected chi connectivity index (χ1v) is 21.1. The van der Waals surface area contributed by atoms with Gasteiger partial charge >= 0.3 is 0 Å². The standard InChI is InChI=1S/C48H36N6O12/c1-21-19-29(55)49(35(21)57)23-7-11-25(12-8-23)51-37(59)31-45(3,41(51)63)33-39(61)53(43(65)47(31,33)5)27-15-17-28(18-16-27)54-40(62)34-46(4)32(48(34,6)44(54)66)38(60)52(42(46)64)26-13-9-24(10-14-26)50-30(56)20-22(2)36(50)58/h7-20,31-34H,1-6H3. The fourth-order valence-electron chi connectivity index (χ4n) is 12.8. The van der Waals surface area contributed by atoms with Crippen molar-refractivity contribution >= 4 is 105 Å². The first kappa shape index (κ1) is 40.7. The first-order valence-electron chi connectivity index (χ1n) is 21.1. The van der Waals surface area contributed by atoms with E-state index in [9.17, 15) is 57.5 Å². The van der Waals surface area contributed by atoms with Crippen LogP contribution in [0.3, 0.4) is 0 Å². The highest BCUT2D eigenvalue weighted by Crippen LogP contribution is 2.73. The van der Waals surface area contributed by atoms with Crippen molar-refractivity contribution in [1.29, 1.82) is 0 Å². The number of fused-ring (bicyclic) bond motifs is 8. The zero-order valence-corrected chi connectivity index (χ0v) is 36.0. The van der Waals surface area contributed by atoms with Crippen molar-refractivity contribution in [3.63, 3.8) is 0 Å². The van der Waals surface area contributed by atoms with Gasteiger partial charge in [0.15, 0.2) is 0 Å². The van der Waals surface area contributed by atoms with Crippen molar-refractivity contribution in [2.45, 2.75) is 41.5 Å². The molecule has 0 atom stereocenters. The Kier molecular flexibility index (Phi) is 7.66. The Balaban J connectivity index is 0.818. The van der Waals surface area contributed by atoms with Crippen LogP contribution in [0.25, 0.3) is 0 Å². The summed E-state index contributed by atoms with van der Waals surface area (Å²) in [5, 5.41) is 0. The number of carbonyl (C=O) groups is 12. The summed E-state index contributed by atoms with van der Waals surface area (Å²) < 4.78 is 0. The molecule has 6 fully saturated rings. The van der Waals surface area contributed by atoms with Crippen LogP contribution >= 0.6 is 0 Å². The lowest BCUT2D eigenvalue weighted by Crippen LogP contribution is -2.65. The van der Waals surface area contributed by atoms with E-state index < -0.39 is 116 Å². The van der Waals surface area contributed by atoms with Gasteiger partial charge in [-0.2, -0.15) is 0 Å². The van der Waals surface area contributed by atoms with Crippen molar-refractivity contribution in [1.82, 2.24) is 0 Å². The quantitative estimate of drug-likeness (QED) is 0.326. The molecule has 11 rings (SSSR count). The van der Waals surface area contributed by atoms with Crippen molar-refractivity contribution in [3.05, 3.63) is 96.1 Å². The normalized spacial score (nSPS) is 33.3. The maximum absolute atomic E-state index is 14.3. The lowest BCUT2D eigenvalue weighted by molar-refractivity contribution is -0.179. The molecule has 2 saturated carbocycles. The van der Waals surface area contributed by atoms with E-state index in [1.54, 1.807) is 0 Å². The van der Waals surface area contributed by atoms with Crippen LogP contribution in [0.2, 0.25) is 0 Å².